The minimum Gasteiger partial charge on any atom is -0.489 e. The third-order valence-corrected chi connectivity index (χ3v) is 6.27. The topological polar surface area (TPSA) is 87.7 Å². The fraction of sp³-hybridized carbons (Fsp3) is 0.423. The normalized spacial score (nSPS) is 14.4. The lowest BCUT2D eigenvalue weighted by molar-refractivity contribution is -0.142. The first-order valence-corrected chi connectivity index (χ1v) is 11.8. The first kappa shape index (κ1) is 25.6. The van der Waals surface area contributed by atoms with Gasteiger partial charge in [-0.3, -0.25) is 25.2 Å². The summed E-state index contributed by atoms with van der Waals surface area (Å²) in [7, 11) is 0. The van der Waals surface area contributed by atoms with Crippen LogP contribution in [0.5, 0.6) is 5.75 Å². The van der Waals surface area contributed by atoms with E-state index in [1.54, 1.807) is 18.2 Å². The summed E-state index contributed by atoms with van der Waals surface area (Å²) < 4.78 is 5.77. The lowest BCUT2D eigenvalue weighted by Gasteiger charge is -2.35. The maximum absolute atomic E-state index is 12.5. The molecule has 1 heterocycles. The van der Waals surface area contributed by atoms with Gasteiger partial charge in [0.15, 0.2) is 0 Å². The third kappa shape index (κ3) is 6.73. The van der Waals surface area contributed by atoms with Crippen molar-refractivity contribution in [2.75, 3.05) is 13.1 Å². The minimum atomic E-state index is -0.431. The first-order valence-electron chi connectivity index (χ1n) is 11.4. The molecule has 0 bridgehead atoms. The van der Waals surface area contributed by atoms with Crippen LogP contribution in [0.2, 0.25) is 5.02 Å². The van der Waals surface area contributed by atoms with Crippen LogP contribution in [0.15, 0.2) is 42.5 Å². The van der Waals surface area contributed by atoms with Gasteiger partial charge in [-0.05, 0) is 61.2 Å². The van der Waals surface area contributed by atoms with Crippen LogP contribution in [0.25, 0.3) is 0 Å². The Labute approximate surface area is 205 Å². The van der Waals surface area contributed by atoms with Crippen molar-refractivity contribution in [3.63, 3.8) is 0 Å². The molecular formula is C26H32ClN3O4. The van der Waals surface area contributed by atoms with Crippen LogP contribution in [0.4, 0.5) is 0 Å². The van der Waals surface area contributed by atoms with Crippen molar-refractivity contribution in [2.45, 2.75) is 47.1 Å². The highest BCUT2D eigenvalue weighted by molar-refractivity contribution is 6.31. The van der Waals surface area contributed by atoms with Gasteiger partial charge < -0.3 is 9.64 Å². The van der Waals surface area contributed by atoms with Crippen LogP contribution in [0.3, 0.4) is 0 Å². The fourth-order valence-electron chi connectivity index (χ4n) is 3.74. The summed E-state index contributed by atoms with van der Waals surface area (Å²) in [6, 6.07) is 12.5. The summed E-state index contributed by atoms with van der Waals surface area (Å²) in [4.78, 5) is 39.1. The molecule has 34 heavy (non-hydrogen) atoms. The Morgan fingerprint density at radius 1 is 1.03 bits per heavy atom. The number of ether oxygens (including phenoxy) is 1. The molecule has 2 N–H and O–H groups in total. The van der Waals surface area contributed by atoms with Crippen LogP contribution < -0.4 is 15.6 Å². The van der Waals surface area contributed by atoms with Crippen molar-refractivity contribution < 1.29 is 19.1 Å². The number of piperidine rings is 1. The van der Waals surface area contributed by atoms with Crippen molar-refractivity contribution >= 4 is 29.3 Å². The van der Waals surface area contributed by atoms with Gasteiger partial charge >= 0.3 is 0 Å². The molecule has 0 spiro atoms. The summed E-state index contributed by atoms with van der Waals surface area (Å²) in [6.45, 7) is 9.04. The number of aryl methyl sites for hydroxylation is 1. The summed E-state index contributed by atoms with van der Waals surface area (Å²) in [5.74, 6) is -0.0499. The molecule has 3 rings (SSSR count). The number of likely N-dealkylation sites (tertiary alicyclic amines) is 1. The lowest BCUT2D eigenvalue weighted by Crippen LogP contribution is -2.49. The number of hydrogen-bond acceptors (Lipinski definition) is 4. The summed E-state index contributed by atoms with van der Waals surface area (Å²) in [5, 5.41) is 0.691. The largest absolute Gasteiger partial charge is 0.489 e. The molecule has 0 radical (unpaired) electrons. The van der Waals surface area contributed by atoms with E-state index in [-0.39, 0.29) is 17.7 Å². The van der Waals surface area contributed by atoms with Gasteiger partial charge in [0.25, 0.3) is 5.91 Å². The molecule has 7 nitrogen and oxygen atoms in total. The molecule has 0 unspecified atom stereocenters. The van der Waals surface area contributed by atoms with E-state index in [0.717, 1.165) is 16.9 Å². The van der Waals surface area contributed by atoms with Crippen LogP contribution in [-0.4, -0.2) is 35.7 Å². The van der Waals surface area contributed by atoms with Crippen molar-refractivity contribution in [3.8, 4) is 5.75 Å². The summed E-state index contributed by atoms with van der Waals surface area (Å²) in [6.07, 6.45) is 1.15. The molecule has 0 atom stereocenters. The number of nitrogens with one attached hydrogen (secondary N) is 2. The first-order chi connectivity index (χ1) is 16.0. The van der Waals surface area contributed by atoms with Gasteiger partial charge in [0.05, 0.1) is 0 Å². The Balaban J connectivity index is 1.43. The molecule has 0 saturated carbocycles. The second kappa shape index (κ2) is 10.9. The van der Waals surface area contributed by atoms with Crippen LogP contribution in [0.1, 0.15) is 55.1 Å². The van der Waals surface area contributed by atoms with E-state index in [4.69, 9.17) is 16.3 Å². The molecule has 3 amide bonds. The Kier molecular flexibility index (Phi) is 8.20. The van der Waals surface area contributed by atoms with E-state index in [1.165, 1.54) is 0 Å². The van der Waals surface area contributed by atoms with Crippen LogP contribution >= 0.6 is 11.6 Å². The standard InChI is InChI=1S/C26H32ClN3O4/c1-17-15-21(9-10-22(17)27)34-16-18-5-7-19(8-6-18)23(31)28-29-24(32)20-11-13-30(14-12-20)25(33)26(2,3)4/h5-10,15,20H,11-14,16H2,1-4H3,(H,28,31)(H,29,32). The number of nitrogens with zero attached hydrogens (tertiary/aromatic N) is 1. The molecule has 1 aliphatic heterocycles. The Morgan fingerprint density at radius 3 is 2.26 bits per heavy atom. The SMILES string of the molecule is Cc1cc(OCc2ccc(C(=O)NNC(=O)C3CCN(C(=O)C(C)(C)C)CC3)cc2)ccc1Cl. The number of carbonyl (C=O) groups is 3. The predicted octanol–water partition coefficient (Wildman–Crippen LogP) is 4.27. The average molecular weight is 486 g/mol. The third-order valence-electron chi connectivity index (χ3n) is 5.84. The fourth-order valence-corrected chi connectivity index (χ4v) is 3.86. The molecular weight excluding hydrogens is 454 g/mol. The Morgan fingerprint density at radius 2 is 1.68 bits per heavy atom. The zero-order valence-electron chi connectivity index (χ0n) is 20.1. The number of hydrogen-bond donors (Lipinski definition) is 2. The molecule has 1 saturated heterocycles. The Hall–Kier alpha value is -3.06. The second-order valence-electron chi connectivity index (χ2n) is 9.66. The van der Waals surface area contributed by atoms with Gasteiger partial charge in [0, 0.05) is 35.0 Å². The van der Waals surface area contributed by atoms with Crippen molar-refractivity contribution in [2.24, 2.45) is 11.3 Å². The van der Waals surface area contributed by atoms with Gasteiger partial charge in [0.1, 0.15) is 12.4 Å². The number of benzene rings is 2. The van der Waals surface area contributed by atoms with Crippen LogP contribution in [-0.2, 0) is 16.2 Å². The average Bonchev–Trinajstić information content (AvgIpc) is 2.82. The highest BCUT2D eigenvalue weighted by Crippen LogP contribution is 2.24. The Bertz CT molecular complexity index is 1040. The van der Waals surface area contributed by atoms with Gasteiger partial charge in [-0.15, -0.1) is 0 Å². The molecule has 0 aliphatic carbocycles. The summed E-state index contributed by atoms with van der Waals surface area (Å²) >= 11 is 6.03. The smallest absolute Gasteiger partial charge is 0.269 e. The van der Waals surface area contributed by atoms with Crippen molar-refractivity contribution in [3.05, 3.63) is 64.2 Å². The van der Waals surface area contributed by atoms with Crippen molar-refractivity contribution in [1.82, 2.24) is 15.8 Å². The monoisotopic (exact) mass is 485 g/mol. The van der Waals surface area contributed by atoms with Crippen molar-refractivity contribution in [1.29, 1.82) is 0 Å². The second-order valence-corrected chi connectivity index (χ2v) is 10.1. The van der Waals surface area contributed by atoms with E-state index in [2.05, 4.69) is 10.9 Å². The van der Waals surface area contributed by atoms with Gasteiger partial charge in [-0.1, -0.05) is 44.5 Å². The molecule has 2 aromatic carbocycles. The highest BCUT2D eigenvalue weighted by atomic mass is 35.5. The number of amides is 3. The molecule has 2 aromatic rings. The van der Waals surface area contributed by atoms with E-state index in [9.17, 15) is 14.4 Å². The molecule has 0 aromatic heterocycles. The maximum Gasteiger partial charge on any atom is 0.269 e. The number of halogens is 1. The zero-order valence-corrected chi connectivity index (χ0v) is 20.9. The van der Waals surface area contributed by atoms with E-state index < -0.39 is 11.3 Å². The van der Waals surface area contributed by atoms with E-state index in [0.29, 0.717) is 43.1 Å². The molecule has 8 heteroatoms. The van der Waals surface area contributed by atoms with E-state index >= 15 is 0 Å². The molecule has 182 valence electrons. The number of hydrazine groups is 1. The lowest BCUT2D eigenvalue weighted by atomic mass is 9.91. The summed E-state index contributed by atoms with van der Waals surface area (Å²) in [5.41, 5.74) is 6.84. The number of rotatable bonds is 5. The predicted molar refractivity (Wildman–Crippen MR) is 131 cm³/mol. The minimum absolute atomic E-state index is 0.0942. The number of carbonyl (C=O) groups excluding carboxylic acids is 3. The molecule has 1 fully saturated rings. The highest BCUT2D eigenvalue weighted by Gasteiger charge is 2.32. The van der Waals surface area contributed by atoms with Crippen LogP contribution in [0, 0.1) is 18.3 Å². The quantitative estimate of drug-likeness (QED) is 0.619. The molecule has 1 aliphatic rings. The van der Waals surface area contributed by atoms with E-state index in [1.807, 2.05) is 56.9 Å². The van der Waals surface area contributed by atoms with Gasteiger partial charge in [-0.25, -0.2) is 0 Å². The van der Waals surface area contributed by atoms with Gasteiger partial charge in [0.2, 0.25) is 11.8 Å². The zero-order chi connectivity index (χ0) is 24.9. The van der Waals surface area contributed by atoms with Gasteiger partial charge in [-0.2, -0.15) is 0 Å². The maximum atomic E-state index is 12.5.